The number of hydrogen-bond donors (Lipinski definition) is 2. The fourth-order valence-corrected chi connectivity index (χ4v) is 1.95. The molecule has 14 heavy (non-hydrogen) atoms. The molecule has 2 unspecified atom stereocenters. The summed E-state index contributed by atoms with van der Waals surface area (Å²) < 4.78 is 1.20. The first-order valence-electron chi connectivity index (χ1n) is 4.42. The second-order valence-electron chi connectivity index (χ2n) is 3.45. The highest BCUT2D eigenvalue weighted by Crippen LogP contribution is 2.40. The Hall–Kier alpha value is -0.780. The van der Waals surface area contributed by atoms with Gasteiger partial charge < -0.3 is 10.4 Å². The van der Waals surface area contributed by atoms with Crippen LogP contribution in [0.25, 0.3) is 0 Å². The predicted octanol–water partition coefficient (Wildman–Crippen LogP) is 2.41. The molecule has 1 aromatic rings. The smallest absolute Gasteiger partial charge is 0.404 e. The summed E-state index contributed by atoms with van der Waals surface area (Å²) in [7, 11) is 0. The predicted molar refractivity (Wildman–Crippen MR) is 61.5 cm³/mol. The van der Waals surface area contributed by atoms with E-state index < -0.39 is 6.09 Å². The Morgan fingerprint density at radius 3 is 2.64 bits per heavy atom. The number of hydrogen-bond acceptors (Lipinski definition) is 1. The average molecular weight is 303 g/mol. The molecule has 3 nitrogen and oxygen atoms in total. The van der Waals surface area contributed by atoms with Crippen LogP contribution in [0.4, 0.5) is 4.79 Å². The summed E-state index contributed by atoms with van der Waals surface area (Å²) in [6, 6.07) is 8.34. The highest BCUT2D eigenvalue weighted by atomic mass is 127. The van der Waals surface area contributed by atoms with Crippen LogP contribution in [0.3, 0.4) is 0 Å². The zero-order chi connectivity index (χ0) is 10.1. The van der Waals surface area contributed by atoms with E-state index in [9.17, 15) is 4.79 Å². The van der Waals surface area contributed by atoms with Crippen LogP contribution < -0.4 is 5.32 Å². The largest absolute Gasteiger partial charge is 0.465 e. The number of nitrogens with one attached hydrogen (secondary N) is 1. The molecule has 2 rings (SSSR count). The number of halogens is 1. The van der Waals surface area contributed by atoms with Crippen molar-refractivity contribution < 1.29 is 9.90 Å². The van der Waals surface area contributed by atoms with Crippen LogP contribution in [0.15, 0.2) is 24.3 Å². The molecule has 2 atom stereocenters. The van der Waals surface area contributed by atoms with Crippen LogP contribution >= 0.6 is 22.6 Å². The molecule has 1 aliphatic carbocycles. The number of carbonyl (C=O) groups is 1. The zero-order valence-electron chi connectivity index (χ0n) is 7.40. The Labute approximate surface area is 95.7 Å². The molecule has 1 fully saturated rings. The van der Waals surface area contributed by atoms with Gasteiger partial charge in [0.2, 0.25) is 0 Å². The molecular weight excluding hydrogens is 293 g/mol. The molecule has 74 valence electrons. The van der Waals surface area contributed by atoms with Crippen LogP contribution in [0.1, 0.15) is 17.9 Å². The van der Waals surface area contributed by atoms with Crippen molar-refractivity contribution in [2.24, 2.45) is 0 Å². The van der Waals surface area contributed by atoms with Gasteiger partial charge in [-0.15, -0.1) is 0 Å². The molecule has 0 heterocycles. The van der Waals surface area contributed by atoms with E-state index >= 15 is 0 Å². The van der Waals surface area contributed by atoms with E-state index in [2.05, 4.69) is 40.0 Å². The Bertz CT molecular complexity index is 350. The third kappa shape index (κ3) is 2.17. The highest BCUT2D eigenvalue weighted by molar-refractivity contribution is 14.1. The summed E-state index contributed by atoms with van der Waals surface area (Å²) in [4.78, 5) is 10.4. The minimum Gasteiger partial charge on any atom is -0.465 e. The summed E-state index contributed by atoms with van der Waals surface area (Å²) >= 11 is 2.26. The van der Waals surface area contributed by atoms with Crippen LogP contribution in [-0.2, 0) is 0 Å². The first-order chi connectivity index (χ1) is 6.66. The van der Waals surface area contributed by atoms with Gasteiger partial charge in [-0.2, -0.15) is 0 Å². The van der Waals surface area contributed by atoms with Gasteiger partial charge >= 0.3 is 6.09 Å². The lowest BCUT2D eigenvalue weighted by Crippen LogP contribution is -2.24. The van der Waals surface area contributed by atoms with Gasteiger partial charge in [-0.25, -0.2) is 4.79 Å². The minimum atomic E-state index is -0.928. The zero-order valence-corrected chi connectivity index (χ0v) is 9.56. The van der Waals surface area contributed by atoms with E-state index in [-0.39, 0.29) is 6.04 Å². The van der Waals surface area contributed by atoms with Crippen LogP contribution in [-0.4, -0.2) is 17.2 Å². The SMILES string of the molecule is O=C(O)NC1CC1c1ccc(I)cc1. The fourth-order valence-electron chi connectivity index (χ4n) is 1.59. The lowest BCUT2D eigenvalue weighted by atomic mass is 10.1. The second-order valence-corrected chi connectivity index (χ2v) is 4.70. The topological polar surface area (TPSA) is 49.3 Å². The molecule has 0 saturated heterocycles. The highest BCUT2D eigenvalue weighted by Gasteiger charge is 2.39. The maximum absolute atomic E-state index is 10.4. The van der Waals surface area contributed by atoms with Crippen molar-refractivity contribution in [1.29, 1.82) is 0 Å². The number of rotatable bonds is 2. The lowest BCUT2D eigenvalue weighted by molar-refractivity contribution is 0.193. The van der Waals surface area contributed by atoms with Gasteiger partial charge in [-0.05, 0) is 46.7 Å². The first kappa shape index (κ1) is 9.76. The number of amides is 1. The van der Waals surface area contributed by atoms with Gasteiger partial charge in [-0.1, -0.05) is 12.1 Å². The molecular formula is C10H10INO2. The minimum absolute atomic E-state index is 0.118. The summed E-state index contributed by atoms with van der Waals surface area (Å²) in [5.41, 5.74) is 1.23. The first-order valence-corrected chi connectivity index (χ1v) is 5.49. The Morgan fingerprint density at radius 1 is 1.43 bits per heavy atom. The van der Waals surface area contributed by atoms with Crippen molar-refractivity contribution in [3.63, 3.8) is 0 Å². The standard InChI is InChI=1S/C10H10INO2/c11-7-3-1-6(2-4-7)8-5-9(8)12-10(13)14/h1-4,8-9,12H,5H2,(H,13,14). The molecule has 1 aliphatic rings. The second kappa shape index (κ2) is 3.76. The quantitative estimate of drug-likeness (QED) is 0.824. The summed E-state index contributed by atoms with van der Waals surface area (Å²) in [6.45, 7) is 0. The van der Waals surface area contributed by atoms with Crippen molar-refractivity contribution >= 4 is 28.7 Å². The molecule has 1 saturated carbocycles. The third-order valence-electron chi connectivity index (χ3n) is 2.40. The van der Waals surface area contributed by atoms with Gasteiger partial charge in [0.1, 0.15) is 0 Å². The molecule has 0 radical (unpaired) electrons. The van der Waals surface area contributed by atoms with E-state index in [1.807, 2.05) is 12.1 Å². The van der Waals surface area contributed by atoms with Crippen molar-refractivity contribution in [2.45, 2.75) is 18.4 Å². The average Bonchev–Trinajstić information content (AvgIpc) is 2.84. The number of benzene rings is 1. The molecule has 2 N–H and O–H groups in total. The van der Waals surface area contributed by atoms with Crippen LogP contribution in [0, 0.1) is 3.57 Å². The van der Waals surface area contributed by atoms with Crippen molar-refractivity contribution in [3.8, 4) is 0 Å². The van der Waals surface area contributed by atoms with Crippen LogP contribution in [0.5, 0.6) is 0 Å². The number of carboxylic acid groups (broad SMARTS) is 1. The van der Waals surface area contributed by atoms with Crippen LogP contribution in [0.2, 0.25) is 0 Å². The van der Waals surface area contributed by atoms with Crippen molar-refractivity contribution in [1.82, 2.24) is 5.32 Å². The van der Waals surface area contributed by atoms with E-state index in [4.69, 9.17) is 5.11 Å². The van der Waals surface area contributed by atoms with E-state index in [0.29, 0.717) is 5.92 Å². The molecule has 1 aromatic carbocycles. The van der Waals surface area contributed by atoms with E-state index in [1.165, 1.54) is 9.13 Å². The fraction of sp³-hybridized carbons (Fsp3) is 0.300. The summed E-state index contributed by atoms with van der Waals surface area (Å²) in [6.07, 6.45) is -0.00426. The van der Waals surface area contributed by atoms with Gasteiger partial charge in [0.15, 0.2) is 0 Å². The van der Waals surface area contributed by atoms with Gasteiger partial charge in [0, 0.05) is 15.5 Å². The molecule has 0 spiro atoms. The molecule has 4 heteroatoms. The third-order valence-corrected chi connectivity index (χ3v) is 3.12. The Morgan fingerprint density at radius 2 is 2.07 bits per heavy atom. The molecule has 0 aromatic heterocycles. The molecule has 0 aliphatic heterocycles. The van der Waals surface area contributed by atoms with Gasteiger partial charge in [0.25, 0.3) is 0 Å². The summed E-state index contributed by atoms with van der Waals surface area (Å²) in [5, 5.41) is 11.0. The van der Waals surface area contributed by atoms with Crippen molar-refractivity contribution in [2.75, 3.05) is 0 Å². The van der Waals surface area contributed by atoms with Gasteiger partial charge in [0.05, 0.1) is 0 Å². The van der Waals surface area contributed by atoms with E-state index in [1.54, 1.807) is 0 Å². The lowest BCUT2D eigenvalue weighted by Gasteiger charge is -2.00. The molecule has 0 bridgehead atoms. The van der Waals surface area contributed by atoms with Crippen molar-refractivity contribution in [3.05, 3.63) is 33.4 Å². The Balaban J connectivity index is 1.99. The maximum atomic E-state index is 10.4. The van der Waals surface area contributed by atoms with Gasteiger partial charge in [-0.3, -0.25) is 0 Å². The Kier molecular flexibility index (Phi) is 2.62. The normalized spacial score (nSPS) is 24.4. The van der Waals surface area contributed by atoms with E-state index in [0.717, 1.165) is 6.42 Å². The maximum Gasteiger partial charge on any atom is 0.404 e. The summed E-state index contributed by atoms with van der Waals surface area (Å²) in [5.74, 6) is 0.378. The molecule has 1 amide bonds. The monoisotopic (exact) mass is 303 g/mol.